The van der Waals surface area contributed by atoms with Crippen molar-refractivity contribution >= 4 is 17.7 Å². The fraction of sp³-hybridized carbons (Fsp3) is 0.812. The summed E-state index contributed by atoms with van der Waals surface area (Å²) < 4.78 is 5.19. The van der Waals surface area contributed by atoms with Crippen LogP contribution in [-0.4, -0.2) is 35.8 Å². The molecule has 0 spiro atoms. The van der Waals surface area contributed by atoms with Crippen molar-refractivity contribution in [3.05, 3.63) is 0 Å². The number of hydrogen-bond donors (Lipinski definition) is 2. The second kappa shape index (κ2) is 7.72. The van der Waals surface area contributed by atoms with Crippen molar-refractivity contribution in [2.45, 2.75) is 65.5 Å². The first-order chi connectivity index (χ1) is 9.83. The molecule has 128 valence electrons. The minimum Gasteiger partial charge on any atom is -0.460 e. The zero-order chi connectivity index (χ0) is 17.7. The van der Waals surface area contributed by atoms with E-state index in [9.17, 15) is 14.4 Å². The first-order valence-electron chi connectivity index (χ1n) is 7.60. The molecule has 0 aliphatic rings. The number of esters is 1. The summed E-state index contributed by atoms with van der Waals surface area (Å²) in [7, 11) is 1.39. The summed E-state index contributed by atoms with van der Waals surface area (Å²) in [6.07, 6.45) is 0.133. The highest BCUT2D eigenvalue weighted by molar-refractivity contribution is 6.13. The quantitative estimate of drug-likeness (QED) is 0.547. The summed E-state index contributed by atoms with van der Waals surface area (Å²) in [5.41, 5.74) is 3.43. The molecule has 0 saturated heterocycles. The molecule has 0 heterocycles. The van der Waals surface area contributed by atoms with Crippen LogP contribution >= 0.6 is 0 Å². The fourth-order valence-corrected chi connectivity index (χ4v) is 2.36. The van der Waals surface area contributed by atoms with Crippen LogP contribution in [0.4, 0.5) is 0 Å². The van der Waals surface area contributed by atoms with Crippen molar-refractivity contribution in [3.8, 4) is 0 Å². The van der Waals surface area contributed by atoms with Gasteiger partial charge in [0.15, 0.2) is 11.3 Å². The summed E-state index contributed by atoms with van der Waals surface area (Å²) >= 11 is 0. The molecule has 0 fully saturated rings. The molecule has 3 N–H and O–H groups in total. The Morgan fingerprint density at radius 1 is 1.14 bits per heavy atom. The van der Waals surface area contributed by atoms with E-state index < -0.39 is 41.1 Å². The summed E-state index contributed by atoms with van der Waals surface area (Å²) in [6, 6.07) is 0. The number of ether oxygens (including phenoxy) is 1. The van der Waals surface area contributed by atoms with E-state index in [2.05, 4.69) is 5.32 Å². The van der Waals surface area contributed by atoms with Crippen LogP contribution in [0.25, 0.3) is 0 Å². The van der Waals surface area contributed by atoms with Gasteiger partial charge in [-0.2, -0.15) is 0 Å². The second-order valence-electron chi connectivity index (χ2n) is 7.21. The van der Waals surface area contributed by atoms with Gasteiger partial charge in [0, 0.05) is 13.0 Å². The van der Waals surface area contributed by atoms with Crippen molar-refractivity contribution in [1.82, 2.24) is 5.32 Å². The standard InChI is InChI=1S/C16H30N2O4/c1-10(2)8-11(3)13(20)16(17,14(21)18-7)9-12(19)22-15(4,5)6/h10-11H,8-9,17H2,1-7H3,(H,18,21)/t11-,16-/m1/s1. The van der Waals surface area contributed by atoms with Crippen LogP contribution in [0.5, 0.6) is 0 Å². The number of Topliss-reactive ketones (excluding diaryl/α,β-unsaturated/α-hetero) is 1. The highest BCUT2D eigenvalue weighted by atomic mass is 16.6. The molecular formula is C16H30N2O4. The predicted octanol–water partition coefficient (Wildman–Crippen LogP) is 1.41. The van der Waals surface area contributed by atoms with Gasteiger partial charge in [0.05, 0.1) is 6.42 Å². The summed E-state index contributed by atoms with van der Waals surface area (Å²) in [5.74, 6) is -1.90. The lowest BCUT2D eigenvalue weighted by Crippen LogP contribution is -2.61. The Morgan fingerprint density at radius 3 is 2.00 bits per heavy atom. The molecule has 0 aliphatic carbocycles. The van der Waals surface area contributed by atoms with Gasteiger partial charge in [-0.3, -0.25) is 14.4 Å². The van der Waals surface area contributed by atoms with E-state index >= 15 is 0 Å². The predicted molar refractivity (Wildman–Crippen MR) is 85.1 cm³/mol. The van der Waals surface area contributed by atoms with Gasteiger partial charge in [-0.15, -0.1) is 0 Å². The average Bonchev–Trinajstić information content (AvgIpc) is 2.33. The van der Waals surface area contributed by atoms with Crippen LogP contribution < -0.4 is 11.1 Å². The average molecular weight is 314 g/mol. The Hall–Kier alpha value is -1.43. The maximum Gasteiger partial charge on any atom is 0.309 e. The highest BCUT2D eigenvalue weighted by Crippen LogP contribution is 2.22. The van der Waals surface area contributed by atoms with Crippen LogP contribution in [0.2, 0.25) is 0 Å². The van der Waals surface area contributed by atoms with Crippen LogP contribution in [-0.2, 0) is 19.1 Å². The van der Waals surface area contributed by atoms with E-state index in [-0.39, 0.29) is 5.92 Å². The lowest BCUT2D eigenvalue weighted by molar-refractivity contribution is -0.160. The Balaban J connectivity index is 5.28. The van der Waals surface area contributed by atoms with Crippen LogP contribution in [0.3, 0.4) is 0 Å². The first kappa shape index (κ1) is 20.6. The highest BCUT2D eigenvalue weighted by Gasteiger charge is 2.46. The topological polar surface area (TPSA) is 98.5 Å². The van der Waals surface area contributed by atoms with Gasteiger partial charge >= 0.3 is 5.97 Å². The summed E-state index contributed by atoms with van der Waals surface area (Å²) in [5, 5.41) is 2.37. The van der Waals surface area contributed by atoms with Gasteiger partial charge in [0.25, 0.3) is 0 Å². The van der Waals surface area contributed by atoms with E-state index in [0.717, 1.165) is 0 Å². The maximum atomic E-state index is 12.6. The lowest BCUT2D eigenvalue weighted by Gasteiger charge is -2.30. The lowest BCUT2D eigenvalue weighted by atomic mass is 9.80. The maximum absolute atomic E-state index is 12.6. The van der Waals surface area contributed by atoms with Gasteiger partial charge in [-0.05, 0) is 33.1 Å². The SMILES string of the molecule is CNC(=O)[C@@](N)(CC(=O)OC(C)(C)C)C(=O)[C@H](C)CC(C)C. The molecule has 6 heteroatoms. The molecular weight excluding hydrogens is 284 g/mol. The van der Waals surface area contributed by atoms with Crippen LogP contribution in [0, 0.1) is 11.8 Å². The van der Waals surface area contributed by atoms with Crippen LogP contribution in [0.15, 0.2) is 0 Å². The molecule has 0 aromatic carbocycles. The molecule has 0 aliphatic heterocycles. The number of carbonyl (C=O) groups is 3. The third-order valence-electron chi connectivity index (χ3n) is 3.19. The minimum absolute atomic E-state index is 0.286. The molecule has 22 heavy (non-hydrogen) atoms. The largest absolute Gasteiger partial charge is 0.460 e. The molecule has 2 atom stereocenters. The number of ketones is 1. The molecule has 0 unspecified atom stereocenters. The normalized spacial score (nSPS) is 15.9. The van der Waals surface area contributed by atoms with Gasteiger partial charge in [-0.25, -0.2) is 0 Å². The van der Waals surface area contributed by atoms with Gasteiger partial charge in [-0.1, -0.05) is 20.8 Å². The van der Waals surface area contributed by atoms with Crippen molar-refractivity contribution in [1.29, 1.82) is 0 Å². The van der Waals surface area contributed by atoms with E-state index in [4.69, 9.17) is 10.5 Å². The smallest absolute Gasteiger partial charge is 0.309 e. The van der Waals surface area contributed by atoms with Crippen molar-refractivity contribution < 1.29 is 19.1 Å². The number of hydrogen-bond acceptors (Lipinski definition) is 5. The van der Waals surface area contributed by atoms with Crippen molar-refractivity contribution in [2.75, 3.05) is 7.05 Å². The molecule has 0 aromatic heterocycles. The number of rotatable bonds is 7. The Bertz CT molecular complexity index is 426. The second-order valence-corrected chi connectivity index (χ2v) is 7.21. The minimum atomic E-state index is -1.90. The van der Waals surface area contributed by atoms with Crippen molar-refractivity contribution in [2.24, 2.45) is 17.6 Å². The summed E-state index contributed by atoms with van der Waals surface area (Å²) in [4.78, 5) is 36.7. The third-order valence-corrected chi connectivity index (χ3v) is 3.19. The van der Waals surface area contributed by atoms with Gasteiger partial charge < -0.3 is 15.8 Å². The molecule has 6 nitrogen and oxygen atoms in total. The fourth-order valence-electron chi connectivity index (χ4n) is 2.36. The Labute approximate surface area is 133 Å². The summed E-state index contributed by atoms with van der Waals surface area (Å²) in [6.45, 7) is 10.8. The first-order valence-corrected chi connectivity index (χ1v) is 7.60. The van der Waals surface area contributed by atoms with Gasteiger partial charge in [0.1, 0.15) is 5.60 Å². The van der Waals surface area contributed by atoms with Crippen LogP contribution in [0.1, 0.15) is 54.4 Å². The zero-order valence-corrected chi connectivity index (χ0v) is 14.8. The van der Waals surface area contributed by atoms with E-state index in [1.807, 2.05) is 13.8 Å². The van der Waals surface area contributed by atoms with E-state index in [0.29, 0.717) is 6.42 Å². The molecule has 0 rings (SSSR count). The zero-order valence-electron chi connectivity index (χ0n) is 14.8. The third kappa shape index (κ3) is 6.13. The number of nitrogens with one attached hydrogen (secondary N) is 1. The Morgan fingerprint density at radius 2 is 1.64 bits per heavy atom. The Kier molecular flexibility index (Phi) is 7.22. The van der Waals surface area contributed by atoms with E-state index in [1.54, 1.807) is 27.7 Å². The number of nitrogens with two attached hydrogens (primary N) is 1. The van der Waals surface area contributed by atoms with E-state index in [1.165, 1.54) is 7.05 Å². The molecule has 0 aromatic rings. The number of carbonyl (C=O) groups excluding carboxylic acids is 3. The number of amides is 1. The molecule has 1 amide bonds. The molecule has 0 saturated carbocycles. The molecule has 0 radical (unpaired) electrons. The monoisotopic (exact) mass is 314 g/mol. The molecule has 0 bridgehead atoms. The van der Waals surface area contributed by atoms with Crippen molar-refractivity contribution in [3.63, 3.8) is 0 Å². The number of likely N-dealkylation sites (N-methyl/N-ethyl adjacent to an activating group) is 1. The van der Waals surface area contributed by atoms with Gasteiger partial charge in [0.2, 0.25) is 5.91 Å².